The molecule has 2 aromatic carbocycles. The van der Waals surface area contributed by atoms with E-state index in [0.717, 1.165) is 5.56 Å². The van der Waals surface area contributed by atoms with Gasteiger partial charge in [-0.15, -0.1) is 0 Å². The fourth-order valence-electron chi connectivity index (χ4n) is 3.05. The lowest BCUT2D eigenvalue weighted by atomic mass is 9.93. The average Bonchev–Trinajstić information content (AvgIpc) is 3.31. The maximum Gasteiger partial charge on any atom is 0.128 e. The summed E-state index contributed by atoms with van der Waals surface area (Å²) >= 11 is 0. The third kappa shape index (κ3) is 2.42. The van der Waals surface area contributed by atoms with E-state index in [1.54, 1.807) is 6.07 Å². The number of halogens is 1. The summed E-state index contributed by atoms with van der Waals surface area (Å²) in [5, 5.41) is 10.3. The van der Waals surface area contributed by atoms with Gasteiger partial charge in [-0.2, -0.15) is 0 Å². The highest BCUT2D eigenvalue weighted by atomic mass is 19.1. The van der Waals surface area contributed by atoms with Gasteiger partial charge in [0.2, 0.25) is 0 Å². The van der Waals surface area contributed by atoms with Gasteiger partial charge in [0.05, 0.1) is 6.10 Å². The number of rotatable bonds is 2. The van der Waals surface area contributed by atoms with Gasteiger partial charge in [-0.3, -0.25) is 0 Å². The molecule has 0 bridgehead atoms. The second-order valence-corrected chi connectivity index (χ2v) is 5.98. The molecule has 1 aliphatic carbocycles. The fourth-order valence-corrected chi connectivity index (χ4v) is 3.05. The minimum atomic E-state index is -0.607. The first-order valence-corrected chi connectivity index (χ1v) is 7.45. The quantitative estimate of drug-likeness (QED) is 0.892. The molecule has 0 radical (unpaired) electrons. The molecule has 1 fully saturated rings. The van der Waals surface area contributed by atoms with Crippen LogP contribution in [0.5, 0.6) is 5.75 Å². The summed E-state index contributed by atoms with van der Waals surface area (Å²) in [4.78, 5) is 0. The predicted octanol–water partition coefficient (Wildman–Crippen LogP) is 4.26. The van der Waals surface area contributed by atoms with Gasteiger partial charge in [-0.05, 0) is 42.0 Å². The SMILES string of the molecule is O[C@@H]1CC(c2cccc(C3CC3)c2)Oc2cc(F)ccc21. The number of hydrogen-bond donors (Lipinski definition) is 1. The van der Waals surface area contributed by atoms with E-state index in [-0.39, 0.29) is 11.9 Å². The van der Waals surface area contributed by atoms with Gasteiger partial charge >= 0.3 is 0 Å². The molecule has 1 N–H and O–H groups in total. The molecule has 1 aliphatic heterocycles. The van der Waals surface area contributed by atoms with Gasteiger partial charge in [-0.1, -0.05) is 24.3 Å². The number of benzene rings is 2. The molecule has 2 nitrogen and oxygen atoms in total. The maximum atomic E-state index is 13.4. The molecule has 3 heteroatoms. The number of ether oxygens (including phenoxy) is 1. The van der Waals surface area contributed by atoms with Crippen molar-refractivity contribution in [2.45, 2.75) is 37.4 Å². The zero-order valence-electron chi connectivity index (χ0n) is 11.6. The van der Waals surface area contributed by atoms with Crippen LogP contribution in [0.3, 0.4) is 0 Å². The summed E-state index contributed by atoms with van der Waals surface area (Å²) in [6, 6.07) is 12.7. The molecular formula is C18H17FO2. The van der Waals surface area contributed by atoms with Crippen molar-refractivity contribution < 1.29 is 14.2 Å². The Morgan fingerprint density at radius 3 is 2.67 bits per heavy atom. The standard InChI is InChI=1S/C18H17FO2/c19-14-6-7-15-16(20)10-17(21-18(15)9-14)13-3-1-2-12(8-13)11-4-5-11/h1-3,6-9,11,16-17,20H,4-5,10H2/t16-,17?/m1/s1. The summed E-state index contributed by atoms with van der Waals surface area (Å²) in [6.07, 6.45) is 2.20. The summed E-state index contributed by atoms with van der Waals surface area (Å²) < 4.78 is 19.3. The summed E-state index contributed by atoms with van der Waals surface area (Å²) in [7, 11) is 0. The van der Waals surface area contributed by atoms with Crippen LogP contribution < -0.4 is 4.74 Å². The topological polar surface area (TPSA) is 29.5 Å². The van der Waals surface area contributed by atoms with Crippen LogP contribution in [0.1, 0.15) is 54.1 Å². The predicted molar refractivity (Wildman–Crippen MR) is 77.8 cm³/mol. The second kappa shape index (κ2) is 4.85. The molecule has 1 saturated carbocycles. The van der Waals surface area contributed by atoms with E-state index in [4.69, 9.17) is 4.74 Å². The van der Waals surface area contributed by atoms with E-state index in [1.165, 1.54) is 30.5 Å². The summed E-state index contributed by atoms with van der Waals surface area (Å²) in [5.41, 5.74) is 3.08. The van der Waals surface area contributed by atoms with Gasteiger partial charge in [0, 0.05) is 18.1 Å². The Balaban J connectivity index is 1.66. The normalized spacial score (nSPS) is 24.3. The Kier molecular flexibility index (Phi) is 2.96. The average molecular weight is 284 g/mol. The minimum Gasteiger partial charge on any atom is -0.485 e. The van der Waals surface area contributed by atoms with Gasteiger partial charge < -0.3 is 9.84 Å². The van der Waals surface area contributed by atoms with Gasteiger partial charge in [0.25, 0.3) is 0 Å². The van der Waals surface area contributed by atoms with E-state index >= 15 is 0 Å². The van der Waals surface area contributed by atoms with Crippen LogP contribution >= 0.6 is 0 Å². The van der Waals surface area contributed by atoms with Crippen molar-refractivity contribution in [1.29, 1.82) is 0 Å². The molecule has 2 aromatic rings. The Hall–Kier alpha value is -1.87. The van der Waals surface area contributed by atoms with E-state index in [0.29, 0.717) is 23.7 Å². The van der Waals surface area contributed by atoms with Crippen LogP contribution in [-0.2, 0) is 0 Å². The molecule has 0 spiro atoms. The van der Waals surface area contributed by atoms with Crippen molar-refractivity contribution in [3.05, 3.63) is 65.0 Å². The minimum absolute atomic E-state index is 0.215. The number of hydrogen-bond acceptors (Lipinski definition) is 2. The smallest absolute Gasteiger partial charge is 0.128 e. The van der Waals surface area contributed by atoms with Crippen LogP contribution in [0.2, 0.25) is 0 Å². The second-order valence-electron chi connectivity index (χ2n) is 5.98. The highest BCUT2D eigenvalue weighted by Crippen LogP contribution is 2.44. The molecule has 1 heterocycles. The summed E-state index contributed by atoms with van der Waals surface area (Å²) in [6.45, 7) is 0. The van der Waals surface area contributed by atoms with Crippen LogP contribution in [0.25, 0.3) is 0 Å². The van der Waals surface area contributed by atoms with Crippen molar-refractivity contribution in [3.63, 3.8) is 0 Å². The Labute approximate surface area is 123 Å². The molecule has 1 unspecified atom stereocenters. The molecular weight excluding hydrogens is 267 g/mol. The molecule has 0 aromatic heterocycles. The first-order chi connectivity index (χ1) is 10.2. The third-order valence-electron chi connectivity index (χ3n) is 4.37. The Morgan fingerprint density at radius 1 is 1.05 bits per heavy atom. The van der Waals surface area contributed by atoms with Crippen LogP contribution in [-0.4, -0.2) is 5.11 Å². The molecule has 108 valence electrons. The summed E-state index contributed by atoms with van der Waals surface area (Å²) in [5.74, 6) is 0.798. The number of aliphatic hydroxyl groups excluding tert-OH is 1. The van der Waals surface area contributed by atoms with Crippen molar-refractivity contribution in [2.75, 3.05) is 0 Å². The highest BCUT2D eigenvalue weighted by Gasteiger charge is 2.30. The van der Waals surface area contributed by atoms with Crippen LogP contribution in [0.4, 0.5) is 4.39 Å². The molecule has 21 heavy (non-hydrogen) atoms. The lowest BCUT2D eigenvalue weighted by Gasteiger charge is -2.30. The lowest BCUT2D eigenvalue weighted by molar-refractivity contribution is 0.0653. The van der Waals surface area contributed by atoms with E-state index in [1.807, 2.05) is 12.1 Å². The van der Waals surface area contributed by atoms with Crippen molar-refractivity contribution in [2.24, 2.45) is 0 Å². The molecule has 0 amide bonds. The van der Waals surface area contributed by atoms with Crippen LogP contribution in [0.15, 0.2) is 42.5 Å². The zero-order chi connectivity index (χ0) is 14.4. The van der Waals surface area contributed by atoms with E-state index in [2.05, 4.69) is 12.1 Å². The van der Waals surface area contributed by atoms with Gasteiger partial charge in [0.15, 0.2) is 0 Å². The maximum absolute atomic E-state index is 13.4. The molecule has 2 aliphatic rings. The third-order valence-corrected chi connectivity index (χ3v) is 4.37. The van der Waals surface area contributed by atoms with E-state index in [9.17, 15) is 9.50 Å². The van der Waals surface area contributed by atoms with Crippen molar-refractivity contribution in [3.8, 4) is 5.75 Å². The number of fused-ring (bicyclic) bond motifs is 1. The van der Waals surface area contributed by atoms with Gasteiger partial charge in [-0.25, -0.2) is 4.39 Å². The molecule has 4 rings (SSSR count). The fraction of sp³-hybridized carbons (Fsp3) is 0.333. The Bertz CT molecular complexity index is 679. The molecule has 2 atom stereocenters. The zero-order valence-corrected chi connectivity index (χ0v) is 11.6. The lowest BCUT2D eigenvalue weighted by Crippen LogP contribution is -2.19. The van der Waals surface area contributed by atoms with Crippen molar-refractivity contribution in [1.82, 2.24) is 0 Å². The van der Waals surface area contributed by atoms with Gasteiger partial charge in [0.1, 0.15) is 17.7 Å². The van der Waals surface area contributed by atoms with E-state index < -0.39 is 6.10 Å². The Morgan fingerprint density at radius 2 is 1.86 bits per heavy atom. The number of aliphatic hydroxyl groups is 1. The first kappa shape index (κ1) is 12.8. The van der Waals surface area contributed by atoms with Crippen molar-refractivity contribution >= 4 is 0 Å². The highest BCUT2D eigenvalue weighted by molar-refractivity contribution is 5.39. The molecule has 0 saturated heterocycles. The largest absolute Gasteiger partial charge is 0.485 e. The monoisotopic (exact) mass is 284 g/mol. The van der Waals surface area contributed by atoms with Crippen LogP contribution in [0, 0.1) is 5.82 Å². The first-order valence-electron chi connectivity index (χ1n) is 7.45.